The van der Waals surface area contributed by atoms with Crippen LogP contribution in [0.15, 0.2) is 24.3 Å². The van der Waals surface area contributed by atoms with Crippen molar-refractivity contribution >= 4 is 34.1 Å². The van der Waals surface area contributed by atoms with Gasteiger partial charge < -0.3 is 15.4 Å². The van der Waals surface area contributed by atoms with Crippen LogP contribution < -0.4 is 20.7 Å². The number of thiazole rings is 1. The molecule has 27 heavy (non-hydrogen) atoms. The molecular formula is C19H24N4O3S. The fourth-order valence-electron chi connectivity index (χ4n) is 3.16. The zero-order valence-electron chi connectivity index (χ0n) is 15.5. The minimum absolute atomic E-state index is 0.116. The molecule has 3 N–H and O–H groups in total. The largest absolute Gasteiger partial charge is 0.495 e. The third-order valence-corrected chi connectivity index (χ3v) is 5.59. The minimum Gasteiger partial charge on any atom is -0.495 e. The second-order valence-corrected chi connectivity index (χ2v) is 7.52. The Morgan fingerprint density at radius 1 is 1.15 bits per heavy atom. The molecule has 8 heteroatoms. The van der Waals surface area contributed by atoms with Crippen molar-refractivity contribution in [3.63, 3.8) is 0 Å². The number of nitrogens with one attached hydrogen (secondary N) is 3. The number of methoxy groups -OCH3 is 1. The molecule has 0 spiro atoms. The molecule has 1 aliphatic rings. The predicted molar refractivity (Wildman–Crippen MR) is 107 cm³/mol. The van der Waals surface area contributed by atoms with Gasteiger partial charge in [-0.1, -0.05) is 42.7 Å². The Bertz CT molecular complexity index is 815. The molecule has 1 aromatic carbocycles. The van der Waals surface area contributed by atoms with Gasteiger partial charge in [-0.3, -0.25) is 10.1 Å². The first-order valence-electron chi connectivity index (χ1n) is 9.06. The second-order valence-electron chi connectivity index (χ2n) is 6.52. The standard InChI is InChI=1S/C19H24N4O3S/c1-12-16(17(24)21-13-8-4-3-5-9-13)27-19(20-12)23-18(25)22-14-10-6-7-11-15(14)26-2/h6-7,10-11,13H,3-5,8-9H2,1-2H3,(H,21,24)(H2,20,22,23,25). The number of carbonyl (C=O) groups excluding carboxylic acids is 2. The van der Waals surface area contributed by atoms with Crippen molar-refractivity contribution in [2.45, 2.75) is 45.1 Å². The number of benzene rings is 1. The maximum absolute atomic E-state index is 12.5. The molecule has 0 unspecified atom stereocenters. The SMILES string of the molecule is COc1ccccc1NC(=O)Nc1nc(C)c(C(=O)NC2CCCCC2)s1. The van der Waals surface area contributed by atoms with E-state index in [2.05, 4.69) is 20.9 Å². The Morgan fingerprint density at radius 3 is 2.63 bits per heavy atom. The molecule has 1 aliphatic carbocycles. The highest BCUT2D eigenvalue weighted by atomic mass is 32.1. The van der Waals surface area contributed by atoms with Gasteiger partial charge in [0.1, 0.15) is 10.6 Å². The van der Waals surface area contributed by atoms with E-state index in [1.807, 2.05) is 6.07 Å². The van der Waals surface area contributed by atoms with Gasteiger partial charge in [0, 0.05) is 6.04 Å². The summed E-state index contributed by atoms with van der Waals surface area (Å²) in [5.74, 6) is 0.450. The van der Waals surface area contributed by atoms with Gasteiger partial charge >= 0.3 is 6.03 Å². The van der Waals surface area contributed by atoms with Crippen LogP contribution >= 0.6 is 11.3 Å². The van der Waals surface area contributed by atoms with E-state index < -0.39 is 6.03 Å². The van der Waals surface area contributed by atoms with Gasteiger partial charge in [0.15, 0.2) is 5.13 Å². The van der Waals surface area contributed by atoms with E-state index in [-0.39, 0.29) is 11.9 Å². The van der Waals surface area contributed by atoms with Crippen LogP contribution in [0.25, 0.3) is 0 Å². The van der Waals surface area contributed by atoms with E-state index in [0.717, 1.165) is 25.7 Å². The number of hydrogen-bond donors (Lipinski definition) is 3. The number of aromatic nitrogens is 1. The van der Waals surface area contributed by atoms with Crippen LogP contribution in [0.2, 0.25) is 0 Å². The van der Waals surface area contributed by atoms with Crippen molar-refractivity contribution in [3.05, 3.63) is 34.8 Å². The number of anilines is 2. The summed E-state index contributed by atoms with van der Waals surface area (Å²) in [5, 5.41) is 8.88. The third-order valence-electron chi connectivity index (χ3n) is 4.52. The lowest BCUT2D eigenvalue weighted by Gasteiger charge is -2.22. The van der Waals surface area contributed by atoms with Crippen molar-refractivity contribution in [1.82, 2.24) is 10.3 Å². The number of ether oxygens (including phenoxy) is 1. The smallest absolute Gasteiger partial charge is 0.325 e. The summed E-state index contributed by atoms with van der Waals surface area (Å²) < 4.78 is 5.21. The van der Waals surface area contributed by atoms with Crippen LogP contribution in [-0.2, 0) is 0 Å². The summed E-state index contributed by atoms with van der Waals surface area (Å²) in [4.78, 5) is 29.6. The van der Waals surface area contributed by atoms with Gasteiger partial charge in [-0.15, -0.1) is 0 Å². The summed E-state index contributed by atoms with van der Waals surface area (Å²) in [5.41, 5.74) is 1.17. The molecule has 3 amide bonds. The number of rotatable bonds is 5. The first kappa shape index (κ1) is 19.2. The molecule has 7 nitrogen and oxygen atoms in total. The van der Waals surface area contributed by atoms with Gasteiger partial charge in [-0.2, -0.15) is 0 Å². The summed E-state index contributed by atoms with van der Waals surface area (Å²) in [6.45, 7) is 1.77. The second kappa shape index (κ2) is 8.85. The Morgan fingerprint density at radius 2 is 1.89 bits per heavy atom. The molecule has 0 saturated heterocycles. The number of hydrogen-bond acceptors (Lipinski definition) is 5. The quantitative estimate of drug-likeness (QED) is 0.717. The van der Waals surface area contributed by atoms with Crippen molar-refractivity contribution in [2.24, 2.45) is 0 Å². The highest BCUT2D eigenvalue weighted by Gasteiger charge is 2.21. The Kier molecular flexibility index (Phi) is 6.28. The Balaban J connectivity index is 1.61. The Labute approximate surface area is 162 Å². The van der Waals surface area contributed by atoms with Crippen molar-refractivity contribution in [3.8, 4) is 5.75 Å². The fourth-order valence-corrected chi connectivity index (χ4v) is 4.02. The van der Waals surface area contributed by atoms with E-state index in [0.29, 0.717) is 27.1 Å². The lowest BCUT2D eigenvalue weighted by Crippen LogP contribution is -2.36. The van der Waals surface area contributed by atoms with Crippen molar-refractivity contribution < 1.29 is 14.3 Å². The van der Waals surface area contributed by atoms with Gasteiger partial charge in [0.05, 0.1) is 18.5 Å². The maximum Gasteiger partial charge on any atom is 0.325 e. The molecule has 1 heterocycles. The topological polar surface area (TPSA) is 92.3 Å². The molecule has 3 rings (SSSR count). The summed E-state index contributed by atoms with van der Waals surface area (Å²) >= 11 is 1.18. The third kappa shape index (κ3) is 4.97. The minimum atomic E-state index is -0.438. The lowest BCUT2D eigenvalue weighted by atomic mass is 9.95. The molecule has 1 saturated carbocycles. The number of amides is 3. The fraction of sp³-hybridized carbons (Fsp3) is 0.421. The Hall–Kier alpha value is -2.61. The highest BCUT2D eigenvalue weighted by molar-refractivity contribution is 7.17. The first-order chi connectivity index (χ1) is 13.1. The molecule has 0 bridgehead atoms. The summed E-state index contributed by atoms with van der Waals surface area (Å²) in [6.07, 6.45) is 5.60. The average Bonchev–Trinajstić information content (AvgIpc) is 3.03. The van der Waals surface area contributed by atoms with Crippen LogP contribution in [-0.4, -0.2) is 30.1 Å². The van der Waals surface area contributed by atoms with Crippen LogP contribution in [0.5, 0.6) is 5.75 Å². The van der Waals surface area contributed by atoms with Crippen LogP contribution in [0, 0.1) is 6.92 Å². The number of carbonyl (C=O) groups is 2. The number of para-hydroxylation sites is 2. The van der Waals surface area contributed by atoms with Crippen LogP contribution in [0.4, 0.5) is 15.6 Å². The molecular weight excluding hydrogens is 364 g/mol. The normalized spacial score (nSPS) is 14.4. The molecule has 2 aromatic rings. The monoisotopic (exact) mass is 388 g/mol. The molecule has 0 aliphatic heterocycles. The lowest BCUT2D eigenvalue weighted by molar-refractivity contribution is 0.0931. The maximum atomic E-state index is 12.5. The van der Waals surface area contributed by atoms with E-state index >= 15 is 0 Å². The van der Waals surface area contributed by atoms with Crippen molar-refractivity contribution in [2.75, 3.05) is 17.7 Å². The van der Waals surface area contributed by atoms with Gasteiger partial charge in [-0.05, 0) is 31.9 Å². The molecule has 1 aromatic heterocycles. The molecule has 144 valence electrons. The van der Waals surface area contributed by atoms with Gasteiger partial charge in [-0.25, -0.2) is 9.78 Å². The highest BCUT2D eigenvalue weighted by Crippen LogP contribution is 2.26. The van der Waals surface area contributed by atoms with Gasteiger partial charge in [0.2, 0.25) is 0 Å². The van der Waals surface area contributed by atoms with Crippen molar-refractivity contribution in [1.29, 1.82) is 0 Å². The summed E-state index contributed by atoms with van der Waals surface area (Å²) in [6, 6.07) is 6.93. The summed E-state index contributed by atoms with van der Waals surface area (Å²) in [7, 11) is 1.54. The van der Waals surface area contributed by atoms with Crippen LogP contribution in [0.1, 0.15) is 47.5 Å². The zero-order valence-corrected chi connectivity index (χ0v) is 16.3. The van der Waals surface area contributed by atoms with E-state index in [1.165, 1.54) is 17.8 Å². The number of aryl methyl sites for hydroxylation is 1. The number of urea groups is 1. The first-order valence-corrected chi connectivity index (χ1v) is 9.88. The zero-order chi connectivity index (χ0) is 19.2. The molecule has 0 atom stereocenters. The van der Waals surface area contributed by atoms with Crippen LogP contribution in [0.3, 0.4) is 0 Å². The predicted octanol–water partition coefficient (Wildman–Crippen LogP) is 4.17. The van der Waals surface area contributed by atoms with E-state index in [9.17, 15) is 9.59 Å². The van der Waals surface area contributed by atoms with Gasteiger partial charge in [0.25, 0.3) is 5.91 Å². The van der Waals surface area contributed by atoms with E-state index in [1.54, 1.807) is 32.2 Å². The van der Waals surface area contributed by atoms with E-state index in [4.69, 9.17) is 4.74 Å². The molecule has 0 radical (unpaired) electrons. The number of nitrogens with zero attached hydrogens (tertiary/aromatic N) is 1. The average molecular weight is 388 g/mol. The molecule has 1 fully saturated rings.